The number of hydrogen-bond acceptors (Lipinski definition) is 8. The molecule has 1 N–H and O–H groups in total. The molecule has 0 bridgehead atoms. The van der Waals surface area contributed by atoms with Crippen LogP contribution in [-0.4, -0.2) is 43.8 Å². The number of carbonyl (C=O) groups excluding carboxylic acids is 1. The van der Waals surface area contributed by atoms with Crippen molar-refractivity contribution in [3.8, 4) is 23.5 Å². The Morgan fingerprint density at radius 1 is 1.15 bits per heavy atom. The summed E-state index contributed by atoms with van der Waals surface area (Å²) < 4.78 is 41.6. The lowest BCUT2D eigenvalue weighted by Gasteiger charge is -2.14. The van der Waals surface area contributed by atoms with Crippen LogP contribution in [-0.2, 0) is 10.0 Å². The predicted octanol–water partition coefficient (Wildman–Crippen LogP) is 2.41. The summed E-state index contributed by atoms with van der Waals surface area (Å²) in [4.78, 5) is 20.5. The third-order valence-electron chi connectivity index (χ3n) is 3.34. The fraction of sp³-hybridized carbons (Fsp3) is 0.312. The third-order valence-corrected chi connectivity index (χ3v) is 5.36. The molecule has 0 fully saturated rings. The second-order valence-electron chi connectivity index (χ2n) is 5.48. The van der Waals surface area contributed by atoms with Gasteiger partial charge in [0, 0.05) is 0 Å². The lowest BCUT2D eigenvalue weighted by molar-refractivity contribution is 0.0979. The van der Waals surface area contributed by atoms with Gasteiger partial charge in [-0.25, -0.2) is 13.1 Å². The Morgan fingerprint density at radius 2 is 1.74 bits per heavy atom. The molecule has 0 unspecified atom stereocenters. The molecule has 0 aliphatic heterocycles. The van der Waals surface area contributed by atoms with E-state index in [1.165, 1.54) is 52.3 Å². The number of carbonyl (C=O) groups is 1. The Bertz CT molecular complexity index is 927. The molecular weight excluding hydrogens is 398 g/mol. The van der Waals surface area contributed by atoms with Crippen LogP contribution in [0.15, 0.2) is 24.3 Å². The number of aromatic nitrogens is 2. The summed E-state index contributed by atoms with van der Waals surface area (Å²) in [6, 6.07) is 5.65. The van der Waals surface area contributed by atoms with E-state index in [1.807, 2.05) is 4.72 Å². The molecule has 0 spiro atoms. The number of sulfonamides is 1. The van der Waals surface area contributed by atoms with Crippen LogP contribution >= 0.6 is 11.6 Å². The van der Waals surface area contributed by atoms with Crippen molar-refractivity contribution in [2.45, 2.75) is 19.1 Å². The summed E-state index contributed by atoms with van der Waals surface area (Å²) in [5.41, 5.74) is -0.172. The molecule has 2 rings (SSSR count). The summed E-state index contributed by atoms with van der Waals surface area (Å²) in [6.45, 7) is 2.88. The SMILES string of the molecule is COc1cc(OC)nc(Oc2cccc(Cl)c2C(=O)NS(=O)(=O)C(C)C)n1. The summed E-state index contributed by atoms with van der Waals surface area (Å²) in [7, 11) is -1.05. The molecule has 1 aromatic heterocycles. The van der Waals surface area contributed by atoms with Gasteiger partial charge in [-0.1, -0.05) is 17.7 Å². The first-order chi connectivity index (χ1) is 12.7. The van der Waals surface area contributed by atoms with Gasteiger partial charge in [0.05, 0.1) is 30.6 Å². The van der Waals surface area contributed by atoms with Crippen LogP contribution in [0.25, 0.3) is 0 Å². The average molecular weight is 416 g/mol. The van der Waals surface area contributed by atoms with E-state index in [1.54, 1.807) is 0 Å². The number of hydrogen-bond donors (Lipinski definition) is 1. The van der Waals surface area contributed by atoms with Gasteiger partial charge in [0.2, 0.25) is 21.8 Å². The van der Waals surface area contributed by atoms with Crippen LogP contribution in [0.4, 0.5) is 0 Å². The van der Waals surface area contributed by atoms with Crippen molar-refractivity contribution in [2.75, 3.05) is 14.2 Å². The zero-order valence-electron chi connectivity index (χ0n) is 15.0. The number of nitrogens with one attached hydrogen (secondary N) is 1. The Balaban J connectivity index is 2.43. The van der Waals surface area contributed by atoms with Crippen LogP contribution in [0.5, 0.6) is 23.5 Å². The van der Waals surface area contributed by atoms with Crippen LogP contribution in [0.2, 0.25) is 5.02 Å². The minimum Gasteiger partial charge on any atom is -0.481 e. The fourth-order valence-electron chi connectivity index (χ4n) is 1.84. The van der Waals surface area contributed by atoms with Crippen molar-refractivity contribution in [3.63, 3.8) is 0 Å². The molecule has 146 valence electrons. The van der Waals surface area contributed by atoms with Gasteiger partial charge in [0.1, 0.15) is 11.3 Å². The molecule has 0 atom stereocenters. The minimum absolute atomic E-state index is 0.00110. The molecule has 1 amide bonds. The van der Waals surface area contributed by atoms with E-state index in [2.05, 4.69) is 9.97 Å². The summed E-state index contributed by atoms with van der Waals surface area (Å²) in [5, 5.41) is -0.807. The van der Waals surface area contributed by atoms with Crippen LogP contribution in [0, 0.1) is 0 Å². The number of benzene rings is 1. The monoisotopic (exact) mass is 415 g/mol. The second-order valence-corrected chi connectivity index (χ2v) is 8.12. The number of nitrogens with zero attached hydrogens (tertiary/aromatic N) is 2. The summed E-state index contributed by atoms with van der Waals surface area (Å²) in [5.74, 6) is -0.618. The van der Waals surface area contributed by atoms with Crippen molar-refractivity contribution >= 4 is 27.5 Å². The zero-order valence-corrected chi connectivity index (χ0v) is 16.6. The van der Waals surface area contributed by atoms with Gasteiger partial charge in [-0.2, -0.15) is 9.97 Å². The maximum atomic E-state index is 12.5. The average Bonchev–Trinajstić information content (AvgIpc) is 2.60. The fourth-order valence-corrected chi connectivity index (χ4v) is 2.69. The van der Waals surface area contributed by atoms with E-state index in [-0.39, 0.29) is 34.1 Å². The van der Waals surface area contributed by atoms with Crippen LogP contribution in [0.1, 0.15) is 24.2 Å². The van der Waals surface area contributed by atoms with Crippen molar-refractivity contribution in [1.29, 1.82) is 0 Å². The lowest BCUT2D eigenvalue weighted by atomic mass is 10.2. The Labute approximate surface area is 161 Å². The van der Waals surface area contributed by atoms with Gasteiger partial charge in [0.25, 0.3) is 5.91 Å². The van der Waals surface area contributed by atoms with Crippen molar-refractivity contribution in [2.24, 2.45) is 0 Å². The largest absolute Gasteiger partial charge is 0.481 e. The van der Waals surface area contributed by atoms with Crippen LogP contribution < -0.4 is 18.9 Å². The van der Waals surface area contributed by atoms with Crippen molar-refractivity contribution < 1.29 is 27.4 Å². The highest BCUT2D eigenvalue weighted by atomic mass is 35.5. The third kappa shape index (κ3) is 4.98. The van der Waals surface area contributed by atoms with E-state index < -0.39 is 21.2 Å². The van der Waals surface area contributed by atoms with Gasteiger partial charge in [-0.3, -0.25) is 4.79 Å². The topological polar surface area (TPSA) is 117 Å². The lowest BCUT2D eigenvalue weighted by Crippen LogP contribution is -2.36. The number of amides is 1. The quantitative estimate of drug-likeness (QED) is 0.732. The maximum Gasteiger partial charge on any atom is 0.328 e. The van der Waals surface area contributed by atoms with Gasteiger partial charge < -0.3 is 14.2 Å². The highest BCUT2D eigenvalue weighted by Gasteiger charge is 2.25. The second kappa shape index (κ2) is 8.40. The first-order valence-electron chi connectivity index (χ1n) is 7.67. The Kier molecular flexibility index (Phi) is 6.45. The highest BCUT2D eigenvalue weighted by molar-refractivity contribution is 7.90. The first kappa shape index (κ1) is 20.7. The number of ether oxygens (including phenoxy) is 3. The normalized spacial score (nSPS) is 11.2. The van der Waals surface area contributed by atoms with E-state index in [4.69, 9.17) is 25.8 Å². The smallest absolute Gasteiger partial charge is 0.328 e. The predicted molar refractivity (Wildman–Crippen MR) is 98.2 cm³/mol. The molecule has 1 heterocycles. The van der Waals surface area contributed by atoms with Gasteiger partial charge in [-0.15, -0.1) is 0 Å². The van der Waals surface area contributed by atoms with Gasteiger partial charge >= 0.3 is 6.01 Å². The van der Waals surface area contributed by atoms with Crippen molar-refractivity contribution in [3.05, 3.63) is 34.9 Å². The first-order valence-corrected chi connectivity index (χ1v) is 9.59. The van der Waals surface area contributed by atoms with E-state index >= 15 is 0 Å². The number of methoxy groups -OCH3 is 2. The van der Waals surface area contributed by atoms with E-state index in [0.29, 0.717) is 0 Å². The zero-order chi connectivity index (χ0) is 20.2. The maximum absolute atomic E-state index is 12.5. The Hall–Kier alpha value is -2.59. The van der Waals surface area contributed by atoms with Crippen molar-refractivity contribution in [1.82, 2.24) is 14.7 Å². The van der Waals surface area contributed by atoms with Gasteiger partial charge in [0.15, 0.2) is 0 Å². The number of rotatable bonds is 7. The standard InChI is InChI=1S/C16H18ClN3O6S/c1-9(2)27(22,23)20-15(21)14-10(17)6-5-7-11(14)26-16-18-12(24-3)8-13(19-16)25-4/h5-9H,1-4H3,(H,20,21). The molecule has 2 aromatic rings. The molecule has 1 aromatic carbocycles. The molecule has 0 aliphatic carbocycles. The molecule has 0 saturated heterocycles. The molecule has 0 saturated carbocycles. The molecule has 27 heavy (non-hydrogen) atoms. The molecule has 0 radical (unpaired) electrons. The highest BCUT2D eigenvalue weighted by Crippen LogP contribution is 2.31. The summed E-state index contributed by atoms with van der Waals surface area (Å²) >= 11 is 6.09. The molecule has 11 heteroatoms. The molecule has 0 aliphatic rings. The van der Waals surface area contributed by atoms with Crippen LogP contribution in [0.3, 0.4) is 0 Å². The van der Waals surface area contributed by atoms with Gasteiger partial charge in [-0.05, 0) is 26.0 Å². The molecule has 9 nitrogen and oxygen atoms in total. The Morgan fingerprint density at radius 3 is 2.26 bits per heavy atom. The minimum atomic E-state index is -3.86. The number of halogens is 1. The van der Waals surface area contributed by atoms with E-state index in [0.717, 1.165) is 0 Å². The summed E-state index contributed by atoms with van der Waals surface area (Å²) in [6.07, 6.45) is 0. The van der Waals surface area contributed by atoms with E-state index in [9.17, 15) is 13.2 Å². The molecular formula is C16H18ClN3O6S.